The number of hydrogen-bond acceptors (Lipinski definition) is 6. The molecule has 1 heterocycles. The molecule has 8 nitrogen and oxygen atoms in total. The van der Waals surface area contributed by atoms with Crippen LogP contribution in [-0.4, -0.2) is 47.6 Å². The number of nitrogens with zero attached hydrogens (tertiary/aromatic N) is 1. The first-order valence-corrected chi connectivity index (χ1v) is 8.41. The summed E-state index contributed by atoms with van der Waals surface area (Å²) in [4.78, 5) is 24.7. The Morgan fingerprint density at radius 1 is 1.17 bits per heavy atom. The summed E-state index contributed by atoms with van der Waals surface area (Å²) in [5.74, 6) is -0.505. The van der Waals surface area contributed by atoms with Crippen molar-refractivity contribution in [3.8, 4) is 5.75 Å². The maximum atomic E-state index is 12.2. The van der Waals surface area contributed by atoms with E-state index >= 15 is 0 Å². The second-order valence-corrected chi connectivity index (χ2v) is 6.61. The van der Waals surface area contributed by atoms with Gasteiger partial charge in [-0.15, -0.1) is 0 Å². The minimum absolute atomic E-state index is 0.0584. The van der Waals surface area contributed by atoms with Crippen LogP contribution in [0.1, 0.15) is 12.8 Å². The number of anilines is 1. The van der Waals surface area contributed by atoms with E-state index in [4.69, 9.17) is 9.47 Å². The number of imide groups is 1. The van der Waals surface area contributed by atoms with Crippen molar-refractivity contribution in [2.24, 2.45) is 0 Å². The second-order valence-electron chi connectivity index (χ2n) is 4.85. The highest BCUT2D eigenvalue weighted by Gasteiger charge is 2.33. The van der Waals surface area contributed by atoms with E-state index in [9.17, 15) is 18.0 Å². The molecule has 1 aliphatic rings. The highest BCUT2D eigenvalue weighted by Crippen LogP contribution is 2.34. The molecule has 2 amide bonds. The molecule has 23 heavy (non-hydrogen) atoms. The molecule has 1 saturated heterocycles. The summed E-state index contributed by atoms with van der Waals surface area (Å²) >= 11 is 0. The van der Waals surface area contributed by atoms with Crippen LogP contribution >= 0.6 is 0 Å². The predicted molar refractivity (Wildman–Crippen MR) is 81.8 cm³/mol. The topological polar surface area (TPSA) is 102 Å². The molecule has 0 unspecified atom stereocenters. The van der Waals surface area contributed by atoms with E-state index in [0.717, 1.165) is 4.90 Å². The molecule has 2 rings (SSSR count). The number of methoxy groups -OCH3 is 2. The Labute approximate surface area is 134 Å². The third-order valence-corrected chi connectivity index (χ3v) is 4.81. The van der Waals surface area contributed by atoms with Crippen LogP contribution in [0.5, 0.6) is 5.75 Å². The minimum atomic E-state index is -3.78. The number of rotatable bonds is 7. The Bertz CT molecular complexity index is 700. The molecule has 1 aromatic rings. The van der Waals surface area contributed by atoms with Gasteiger partial charge in [-0.3, -0.25) is 9.59 Å². The SMILES string of the molecule is COCCNS(=O)(=O)c1ccc(OC)c(N2C(=O)CCC2=O)c1. The second kappa shape index (κ2) is 7.07. The first-order valence-electron chi connectivity index (χ1n) is 6.93. The lowest BCUT2D eigenvalue weighted by molar-refractivity contribution is -0.121. The molecule has 1 aliphatic heterocycles. The highest BCUT2D eigenvalue weighted by atomic mass is 32.2. The van der Waals surface area contributed by atoms with Crippen LogP contribution in [-0.2, 0) is 24.3 Å². The smallest absolute Gasteiger partial charge is 0.240 e. The summed E-state index contributed by atoms with van der Waals surface area (Å²) in [5, 5.41) is 0. The van der Waals surface area contributed by atoms with Crippen LogP contribution in [0.2, 0.25) is 0 Å². The molecular weight excluding hydrogens is 324 g/mol. The summed E-state index contributed by atoms with van der Waals surface area (Å²) in [6.45, 7) is 0.340. The minimum Gasteiger partial charge on any atom is -0.495 e. The van der Waals surface area contributed by atoms with Crippen molar-refractivity contribution < 1.29 is 27.5 Å². The average molecular weight is 342 g/mol. The third kappa shape index (κ3) is 3.69. The van der Waals surface area contributed by atoms with Gasteiger partial charge in [0.2, 0.25) is 21.8 Å². The fourth-order valence-corrected chi connectivity index (χ4v) is 3.25. The maximum absolute atomic E-state index is 12.2. The van der Waals surface area contributed by atoms with Gasteiger partial charge < -0.3 is 9.47 Å². The van der Waals surface area contributed by atoms with Crippen molar-refractivity contribution in [2.45, 2.75) is 17.7 Å². The summed E-state index contributed by atoms with van der Waals surface area (Å²) in [6, 6.07) is 4.02. The maximum Gasteiger partial charge on any atom is 0.240 e. The van der Waals surface area contributed by atoms with Gasteiger partial charge in [-0.1, -0.05) is 0 Å². The van der Waals surface area contributed by atoms with Gasteiger partial charge in [0.1, 0.15) is 5.75 Å². The summed E-state index contributed by atoms with van der Waals surface area (Å²) in [7, 11) is -0.933. The Hall–Kier alpha value is -1.97. The van der Waals surface area contributed by atoms with Crippen molar-refractivity contribution in [3.63, 3.8) is 0 Å². The molecule has 0 atom stereocenters. The first kappa shape index (κ1) is 17.4. The molecule has 1 aromatic carbocycles. The molecule has 1 fully saturated rings. The zero-order chi connectivity index (χ0) is 17.0. The zero-order valence-corrected chi connectivity index (χ0v) is 13.7. The van der Waals surface area contributed by atoms with Crippen LogP contribution in [0.25, 0.3) is 0 Å². The van der Waals surface area contributed by atoms with E-state index in [2.05, 4.69) is 4.72 Å². The fraction of sp³-hybridized carbons (Fsp3) is 0.429. The van der Waals surface area contributed by atoms with Crippen LogP contribution < -0.4 is 14.4 Å². The van der Waals surface area contributed by atoms with Crippen molar-refractivity contribution in [1.82, 2.24) is 4.72 Å². The standard InChI is InChI=1S/C14H18N2O6S/c1-21-8-7-15-23(19,20)10-3-4-12(22-2)11(9-10)16-13(17)5-6-14(16)18/h3-4,9,15H,5-8H2,1-2H3. The average Bonchev–Trinajstić information content (AvgIpc) is 2.85. The van der Waals surface area contributed by atoms with Crippen molar-refractivity contribution in [1.29, 1.82) is 0 Å². The van der Waals surface area contributed by atoms with Crippen LogP contribution in [0.3, 0.4) is 0 Å². The van der Waals surface area contributed by atoms with Crippen LogP contribution in [0, 0.1) is 0 Å². The van der Waals surface area contributed by atoms with E-state index in [1.54, 1.807) is 0 Å². The molecule has 126 valence electrons. The van der Waals surface area contributed by atoms with Gasteiger partial charge >= 0.3 is 0 Å². The van der Waals surface area contributed by atoms with Crippen molar-refractivity contribution in [2.75, 3.05) is 32.3 Å². The lowest BCUT2D eigenvalue weighted by atomic mass is 10.2. The van der Waals surface area contributed by atoms with Gasteiger partial charge in [0.25, 0.3) is 0 Å². The summed E-state index contributed by atoms with van der Waals surface area (Å²) in [5.41, 5.74) is 0.134. The Morgan fingerprint density at radius 3 is 2.39 bits per heavy atom. The van der Waals surface area contributed by atoms with Crippen molar-refractivity contribution >= 4 is 27.5 Å². The van der Waals surface area contributed by atoms with E-state index in [-0.39, 0.29) is 54.1 Å². The van der Waals surface area contributed by atoms with E-state index in [1.165, 1.54) is 32.4 Å². The molecule has 0 radical (unpaired) electrons. The number of benzene rings is 1. The Morgan fingerprint density at radius 2 is 1.83 bits per heavy atom. The number of amides is 2. The van der Waals surface area contributed by atoms with Gasteiger partial charge in [-0.2, -0.15) is 0 Å². The molecule has 0 aromatic heterocycles. The third-order valence-electron chi connectivity index (χ3n) is 3.35. The normalized spacial score (nSPS) is 15.3. The number of carbonyl (C=O) groups is 2. The zero-order valence-electron chi connectivity index (χ0n) is 12.9. The molecule has 0 saturated carbocycles. The largest absolute Gasteiger partial charge is 0.495 e. The number of ether oxygens (including phenoxy) is 2. The predicted octanol–water partition coefficient (Wildman–Crippen LogP) is 0.273. The van der Waals surface area contributed by atoms with E-state index in [1.807, 2.05) is 0 Å². The van der Waals surface area contributed by atoms with E-state index in [0.29, 0.717) is 0 Å². The van der Waals surface area contributed by atoms with Crippen LogP contribution in [0.4, 0.5) is 5.69 Å². The summed E-state index contributed by atoms with van der Waals surface area (Å²) in [6.07, 6.45) is 0.204. The van der Waals surface area contributed by atoms with Crippen LogP contribution in [0.15, 0.2) is 23.1 Å². The van der Waals surface area contributed by atoms with Gasteiger partial charge in [0.05, 0.1) is 24.3 Å². The molecular formula is C14H18N2O6S. The van der Waals surface area contributed by atoms with Gasteiger partial charge in [-0.25, -0.2) is 18.0 Å². The first-order chi connectivity index (χ1) is 10.9. The molecule has 0 bridgehead atoms. The van der Waals surface area contributed by atoms with Crippen molar-refractivity contribution in [3.05, 3.63) is 18.2 Å². The van der Waals surface area contributed by atoms with Gasteiger partial charge in [-0.05, 0) is 18.2 Å². The quantitative estimate of drug-likeness (QED) is 0.564. The molecule has 9 heteroatoms. The molecule has 0 spiro atoms. The summed E-state index contributed by atoms with van der Waals surface area (Å²) < 4.78 is 36.8. The van der Waals surface area contributed by atoms with Gasteiger partial charge in [0.15, 0.2) is 0 Å². The van der Waals surface area contributed by atoms with Gasteiger partial charge in [0, 0.05) is 26.5 Å². The number of sulfonamides is 1. The monoisotopic (exact) mass is 342 g/mol. The fourth-order valence-electron chi connectivity index (χ4n) is 2.22. The Kier molecular flexibility index (Phi) is 5.34. The lowest BCUT2D eigenvalue weighted by Crippen LogP contribution is -2.30. The molecule has 0 aliphatic carbocycles. The number of nitrogens with one attached hydrogen (secondary N) is 1. The Balaban J connectivity index is 2.39. The molecule has 1 N–H and O–H groups in total. The lowest BCUT2D eigenvalue weighted by Gasteiger charge is -2.18. The number of carbonyl (C=O) groups excluding carboxylic acids is 2. The van der Waals surface area contributed by atoms with E-state index < -0.39 is 10.0 Å². The highest BCUT2D eigenvalue weighted by molar-refractivity contribution is 7.89. The number of hydrogen-bond donors (Lipinski definition) is 1.